The average molecular weight is 394 g/mol. The summed E-state index contributed by atoms with van der Waals surface area (Å²) in [5, 5.41) is 9.37. The summed E-state index contributed by atoms with van der Waals surface area (Å²) in [4.78, 5) is 1.63. The topological polar surface area (TPSA) is 82.4 Å². The van der Waals surface area contributed by atoms with E-state index in [4.69, 9.17) is 4.74 Å². The van der Waals surface area contributed by atoms with E-state index in [1.807, 2.05) is 51.9 Å². The van der Waals surface area contributed by atoms with Gasteiger partial charge in [-0.2, -0.15) is 5.26 Å². The number of anilines is 1. The summed E-state index contributed by atoms with van der Waals surface area (Å²) in [6.07, 6.45) is 1.86. The lowest BCUT2D eigenvalue weighted by Gasteiger charge is -2.28. The van der Waals surface area contributed by atoms with Crippen LogP contribution in [-0.4, -0.2) is 40.3 Å². The molecule has 0 radical (unpaired) electrons. The Morgan fingerprint density at radius 2 is 1.74 bits per heavy atom. The van der Waals surface area contributed by atoms with Gasteiger partial charge in [0.1, 0.15) is 6.07 Å². The molecule has 0 heterocycles. The van der Waals surface area contributed by atoms with E-state index in [9.17, 15) is 13.7 Å². The van der Waals surface area contributed by atoms with Gasteiger partial charge in [-0.3, -0.25) is 0 Å². The van der Waals surface area contributed by atoms with Crippen molar-refractivity contribution >= 4 is 21.8 Å². The second-order valence-electron chi connectivity index (χ2n) is 8.31. The third kappa shape index (κ3) is 8.12. The number of nitrogens with zero attached hydrogens (tertiary/aromatic N) is 2. The van der Waals surface area contributed by atoms with Gasteiger partial charge in [-0.1, -0.05) is 12.1 Å². The van der Waals surface area contributed by atoms with Gasteiger partial charge >= 0.3 is 0 Å². The molecule has 0 amide bonds. The summed E-state index contributed by atoms with van der Waals surface area (Å²) in [5.41, 5.74) is 0.614. The lowest BCUT2D eigenvalue weighted by atomic mass is 10.0. The van der Waals surface area contributed by atoms with E-state index in [0.29, 0.717) is 18.6 Å². The molecular weight excluding hydrogens is 362 g/mol. The van der Waals surface area contributed by atoms with Crippen molar-refractivity contribution in [1.82, 2.24) is 4.72 Å². The fraction of sp³-hybridized carbons (Fsp3) is 0.550. The van der Waals surface area contributed by atoms with Crippen LogP contribution in [-0.2, 0) is 14.8 Å². The number of hydrogen-bond donors (Lipinski definition) is 1. The van der Waals surface area contributed by atoms with Gasteiger partial charge in [-0.15, -0.1) is 0 Å². The van der Waals surface area contributed by atoms with E-state index in [2.05, 4.69) is 4.72 Å². The predicted molar refractivity (Wildman–Crippen MR) is 111 cm³/mol. The van der Waals surface area contributed by atoms with Gasteiger partial charge in [-0.25, -0.2) is 13.1 Å². The number of sulfonamides is 1. The van der Waals surface area contributed by atoms with Crippen molar-refractivity contribution in [3.8, 4) is 6.07 Å². The second-order valence-corrected chi connectivity index (χ2v) is 9.96. The maximum atomic E-state index is 12.7. The second kappa shape index (κ2) is 8.87. The van der Waals surface area contributed by atoms with Gasteiger partial charge < -0.3 is 9.64 Å². The molecule has 0 spiro atoms. The lowest BCUT2D eigenvalue weighted by molar-refractivity contribution is -0.0102. The van der Waals surface area contributed by atoms with Gasteiger partial charge in [0.05, 0.1) is 5.60 Å². The Kier molecular flexibility index (Phi) is 7.61. The molecule has 0 saturated heterocycles. The maximum absolute atomic E-state index is 12.7. The van der Waals surface area contributed by atoms with E-state index >= 15 is 0 Å². The van der Waals surface area contributed by atoms with Gasteiger partial charge in [-0.05, 0) is 64.8 Å². The minimum atomic E-state index is -3.94. The molecule has 0 atom stereocenters. The molecule has 0 aliphatic carbocycles. The highest BCUT2D eigenvalue weighted by Gasteiger charge is 2.28. The first kappa shape index (κ1) is 23.2. The monoisotopic (exact) mass is 393 g/mol. The van der Waals surface area contributed by atoms with Crippen molar-refractivity contribution in [1.29, 1.82) is 5.26 Å². The van der Waals surface area contributed by atoms with Crippen molar-refractivity contribution < 1.29 is 13.2 Å². The molecule has 27 heavy (non-hydrogen) atoms. The predicted octanol–water partition coefficient (Wildman–Crippen LogP) is 3.52. The molecule has 150 valence electrons. The van der Waals surface area contributed by atoms with Gasteiger partial charge in [0, 0.05) is 31.9 Å². The van der Waals surface area contributed by atoms with Crippen LogP contribution < -0.4 is 9.62 Å². The molecule has 0 bridgehead atoms. The highest BCUT2D eigenvalue weighted by atomic mass is 32.2. The van der Waals surface area contributed by atoms with Crippen molar-refractivity contribution in [3.05, 3.63) is 34.7 Å². The SMILES string of the molecule is CN(C)c1ccc(C=C(C#N)S(=O)(=O)NC(C)(C)CCOC(C)(C)C)cc1. The van der Waals surface area contributed by atoms with Crippen molar-refractivity contribution in [2.45, 2.75) is 52.2 Å². The number of hydrogen-bond acceptors (Lipinski definition) is 5. The molecule has 7 heteroatoms. The molecule has 1 N–H and O–H groups in total. The third-order valence-electron chi connectivity index (χ3n) is 3.78. The number of nitriles is 1. The number of rotatable bonds is 8. The fourth-order valence-corrected chi connectivity index (χ4v) is 3.62. The van der Waals surface area contributed by atoms with Crippen LogP contribution in [0.3, 0.4) is 0 Å². The van der Waals surface area contributed by atoms with Crippen LogP contribution in [0.2, 0.25) is 0 Å². The van der Waals surface area contributed by atoms with E-state index in [1.54, 1.807) is 32.0 Å². The van der Waals surface area contributed by atoms with Crippen molar-refractivity contribution in [3.63, 3.8) is 0 Å². The smallest absolute Gasteiger partial charge is 0.251 e. The average Bonchev–Trinajstić information content (AvgIpc) is 2.50. The molecule has 0 fully saturated rings. The van der Waals surface area contributed by atoms with Gasteiger partial charge in [0.25, 0.3) is 10.0 Å². The van der Waals surface area contributed by atoms with E-state index < -0.39 is 15.6 Å². The number of allylic oxidation sites excluding steroid dienone is 1. The molecule has 1 aromatic rings. The first-order valence-corrected chi connectivity index (χ1v) is 10.3. The minimum absolute atomic E-state index is 0.286. The van der Waals surface area contributed by atoms with Crippen LogP contribution >= 0.6 is 0 Å². The van der Waals surface area contributed by atoms with Crippen LogP contribution in [0.4, 0.5) is 5.69 Å². The lowest BCUT2D eigenvalue weighted by Crippen LogP contribution is -2.44. The van der Waals surface area contributed by atoms with Gasteiger partial charge in [0.15, 0.2) is 4.91 Å². The zero-order valence-electron chi connectivity index (χ0n) is 17.3. The van der Waals surface area contributed by atoms with Crippen LogP contribution in [0.1, 0.15) is 46.6 Å². The summed E-state index contributed by atoms with van der Waals surface area (Å²) in [6, 6.07) is 9.10. The number of benzene rings is 1. The molecule has 0 aliphatic rings. The highest BCUT2D eigenvalue weighted by molar-refractivity contribution is 7.93. The van der Waals surface area contributed by atoms with Crippen molar-refractivity contribution in [2.24, 2.45) is 0 Å². The Morgan fingerprint density at radius 3 is 2.19 bits per heavy atom. The molecule has 0 unspecified atom stereocenters. The van der Waals surface area contributed by atoms with E-state index in [1.165, 1.54) is 6.08 Å². The Balaban J connectivity index is 2.93. The summed E-state index contributed by atoms with van der Waals surface area (Å²) < 4.78 is 33.6. The standard InChI is InChI=1S/C20H31N3O3S/c1-19(2,3)26-13-12-20(4,5)22-27(24,25)18(15-21)14-16-8-10-17(11-9-16)23(6)7/h8-11,14,22H,12-13H2,1-7H3. The first-order chi connectivity index (χ1) is 12.3. The molecule has 6 nitrogen and oxygen atoms in total. The molecule has 0 aliphatic heterocycles. The number of nitrogens with one attached hydrogen (secondary N) is 1. The summed E-state index contributed by atoms with van der Waals surface area (Å²) in [7, 11) is -0.0926. The van der Waals surface area contributed by atoms with Crippen LogP contribution in [0, 0.1) is 11.3 Å². The fourth-order valence-electron chi connectivity index (χ4n) is 2.27. The zero-order valence-corrected chi connectivity index (χ0v) is 18.1. The Labute approximate surface area is 163 Å². The molecule has 1 aromatic carbocycles. The third-order valence-corrected chi connectivity index (χ3v) is 5.39. The van der Waals surface area contributed by atoms with Crippen molar-refractivity contribution in [2.75, 3.05) is 25.6 Å². The molecular formula is C20H31N3O3S. The van der Waals surface area contributed by atoms with Crippen LogP contribution in [0.15, 0.2) is 29.2 Å². The normalized spacial score (nSPS) is 13.3. The summed E-state index contributed by atoms with van der Waals surface area (Å²) in [5.74, 6) is 0. The van der Waals surface area contributed by atoms with Gasteiger partial charge in [0.2, 0.25) is 0 Å². The largest absolute Gasteiger partial charge is 0.378 e. The number of ether oxygens (including phenoxy) is 1. The summed E-state index contributed by atoms with van der Waals surface area (Å²) >= 11 is 0. The van der Waals surface area contributed by atoms with Crippen LogP contribution in [0.5, 0.6) is 0 Å². The Morgan fingerprint density at radius 1 is 1.19 bits per heavy atom. The highest BCUT2D eigenvalue weighted by Crippen LogP contribution is 2.19. The molecule has 1 rings (SSSR count). The molecule has 0 aromatic heterocycles. The summed E-state index contributed by atoms with van der Waals surface area (Å²) in [6.45, 7) is 9.80. The van der Waals surface area contributed by atoms with E-state index in [0.717, 1.165) is 5.69 Å². The molecule has 0 saturated carbocycles. The Hall–Kier alpha value is -1.88. The zero-order chi connectivity index (χ0) is 20.9. The quantitative estimate of drug-likeness (QED) is 0.683. The Bertz CT molecular complexity index is 796. The first-order valence-electron chi connectivity index (χ1n) is 8.83. The van der Waals surface area contributed by atoms with E-state index in [-0.39, 0.29) is 10.5 Å². The maximum Gasteiger partial charge on any atom is 0.251 e. The minimum Gasteiger partial charge on any atom is -0.378 e. The van der Waals surface area contributed by atoms with Crippen LogP contribution in [0.25, 0.3) is 6.08 Å².